The van der Waals surface area contributed by atoms with Crippen molar-refractivity contribution in [3.8, 4) is 23.0 Å². The Labute approximate surface area is 280 Å². The number of rotatable bonds is 17. The largest absolute Gasteiger partial charge is 0.493 e. The number of hydrogen-bond donors (Lipinski definition) is 2. The first-order valence-corrected chi connectivity index (χ1v) is 17.6. The van der Waals surface area contributed by atoms with Gasteiger partial charge in [0.2, 0.25) is 5.91 Å². The lowest BCUT2D eigenvalue weighted by Crippen LogP contribution is -2.31. The number of ether oxygens (including phenoxy) is 4. The Kier molecular flexibility index (Phi) is 11.9. The number of carboxylic acids is 1. The van der Waals surface area contributed by atoms with E-state index in [0.29, 0.717) is 27.5 Å². The van der Waals surface area contributed by atoms with Crippen LogP contribution in [0, 0.1) is 17.7 Å². The Balaban J connectivity index is 1.40. The van der Waals surface area contributed by atoms with Crippen LogP contribution in [0.4, 0.5) is 4.39 Å². The van der Waals surface area contributed by atoms with Gasteiger partial charge in [-0.3, -0.25) is 23.9 Å². The van der Waals surface area contributed by atoms with Crippen LogP contribution in [0.1, 0.15) is 52.5 Å². The molecule has 2 aromatic heterocycles. The van der Waals surface area contributed by atoms with E-state index in [-0.39, 0.29) is 59.4 Å². The number of methoxy groups -OCH3 is 2. The van der Waals surface area contributed by atoms with E-state index in [1.165, 1.54) is 44.8 Å². The molecule has 2 aromatic carbocycles. The van der Waals surface area contributed by atoms with Gasteiger partial charge in [-0.25, -0.2) is 8.60 Å². The summed E-state index contributed by atoms with van der Waals surface area (Å²) >= 11 is 2.33. The fraction of sp³-hybridized carbons (Fsp3) is 0.375. The first-order chi connectivity index (χ1) is 22.3. The summed E-state index contributed by atoms with van der Waals surface area (Å²) in [5, 5.41) is 10.1. The number of ketones is 2. The molecule has 0 aliphatic heterocycles. The summed E-state index contributed by atoms with van der Waals surface area (Å²) < 4.78 is 52.9. The quantitative estimate of drug-likeness (QED) is 0.0982. The zero-order chi connectivity index (χ0) is 34.4. The average Bonchev–Trinajstić information content (AvgIpc) is 3.65. The number of carbonyl (C=O) groups is 4. The van der Waals surface area contributed by atoms with Crippen molar-refractivity contribution in [3.63, 3.8) is 0 Å². The van der Waals surface area contributed by atoms with Crippen LogP contribution in [0.25, 0.3) is 20.2 Å². The van der Waals surface area contributed by atoms with Crippen LogP contribution < -0.4 is 23.7 Å². The second kappa shape index (κ2) is 15.7. The Morgan fingerprint density at radius 2 is 1.45 bits per heavy atom. The molecule has 15 heteroatoms. The Morgan fingerprint density at radius 3 is 2.09 bits per heavy atom. The molecule has 4 rings (SSSR count). The zero-order valence-corrected chi connectivity index (χ0v) is 28.8. The fourth-order valence-electron chi connectivity index (χ4n) is 4.57. The van der Waals surface area contributed by atoms with Gasteiger partial charge in [0, 0.05) is 58.4 Å². The maximum atomic E-state index is 15.6. The molecule has 2 heterocycles. The minimum Gasteiger partial charge on any atom is -0.493 e. The lowest BCUT2D eigenvalue weighted by atomic mass is 10.0. The number of nitrogens with one attached hydrogen (secondary N) is 1. The van der Waals surface area contributed by atoms with E-state index in [1.807, 2.05) is 0 Å². The van der Waals surface area contributed by atoms with Gasteiger partial charge in [-0.2, -0.15) is 0 Å². The molecule has 1 amide bonds. The highest BCUT2D eigenvalue weighted by molar-refractivity contribution is 7.82. The first-order valence-electron chi connectivity index (χ1n) is 14.4. The molecule has 0 saturated carbocycles. The van der Waals surface area contributed by atoms with E-state index in [1.54, 1.807) is 31.2 Å². The Bertz CT molecular complexity index is 1850. The highest BCUT2D eigenvalue weighted by atomic mass is 32.2. The minimum absolute atomic E-state index is 0.0730. The first kappa shape index (κ1) is 35.8. The van der Waals surface area contributed by atoms with E-state index in [4.69, 9.17) is 24.1 Å². The third-order valence-corrected chi connectivity index (χ3v) is 9.89. The van der Waals surface area contributed by atoms with Gasteiger partial charge >= 0.3 is 5.97 Å². The summed E-state index contributed by atoms with van der Waals surface area (Å²) in [4.78, 5) is 49.4. The Hall–Kier alpha value is -4.08. The molecular formula is C32H34FNO10S3. The van der Waals surface area contributed by atoms with Crippen LogP contribution in [0.5, 0.6) is 23.0 Å². The maximum absolute atomic E-state index is 15.6. The van der Waals surface area contributed by atoms with Crippen molar-refractivity contribution >= 4 is 77.3 Å². The summed E-state index contributed by atoms with van der Waals surface area (Å²) in [5.41, 5.74) is 0. The lowest BCUT2D eigenvalue weighted by molar-refractivity contribution is -0.141. The van der Waals surface area contributed by atoms with Gasteiger partial charge < -0.3 is 24.1 Å². The number of Topliss-reactive ketones (excluding diaryl/α,β-unsaturated/α-hetero) is 2. The molecule has 252 valence electrons. The lowest BCUT2D eigenvalue weighted by Gasteiger charge is -2.13. The average molecular weight is 708 g/mol. The number of carboxylic acid groups (broad SMARTS) is 1. The molecule has 11 nitrogen and oxygen atoms in total. The maximum Gasteiger partial charge on any atom is 0.306 e. The number of halogens is 1. The molecule has 47 heavy (non-hydrogen) atoms. The summed E-state index contributed by atoms with van der Waals surface area (Å²) in [6.45, 7) is 3.30. The zero-order valence-electron chi connectivity index (χ0n) is 26.3. The molecular weight excluding hydrogens is 674 g/mol. The second-order valence-electron chi connectivity index (χ2n) is 10.8. The molecule has 0 fully saturated rings. The second-order valence-corrected chi connectivity index (χ2v) is 14.0. The number of carbonyl (C=O) groups excluding carboxylic acids is 3. The Morgan fingerprint density at radius 1 is 0.851 bits per heavy atom. The topological polar surface area (TPSA) is 155 Å². The number of aliphatic carboxylic acids is 1. The smallest absolute Gasteiger partial charge is 0.306 e. The van der Waals surface area contributed by atoms with E-state index in [0.717, 1.165) is 21.4 Å². The van der Waals surface area contributed by atoms with Gasteiger partial charge in [-0.05, 0) is 23.6 Å². The molecule has 3 atom stereocenters. The van der Waals surface area contributed by atoms with E-state index in [2.05, 4.69) is 4.72 Å². The van der Waals surface area contributed by atoms with Gasteiger partial charge in [0.15, 0.2) is 40.4 Å². The molecule has 0 aliphatic rings. The van der Waals surface area contributed by atoms with Crippen LogP contribution in [-0.2, 0) is 20.6 Å². The molecule has 0 saturated heterocycles. The van der Waals surface area contributed by atoms with Crippen molar-refractivity contribution in [1.82, 2.24) is 4.72 Å². The normalized spacial score (nSPS) is 13.1. The molecule has 0 bridgehead atoms. The number of amides is 1. The highest BCUT2D eigenvalue weighted by Gasteiger charge is 2.24. The van der Waals surface area contributed by atoms with Gasteiger partial charge in [0.1, 0.15) is 11.0 Å². The van der Waals surface area contributed by atoms with Gasteiger partial charge in [0.05, 0.1) is 43.1 Å². The van der Waals surface area contributed by atoms with Crippen LogP contribution in [0.3, 0.4) is 0 Å². The van der Waals surface area contributed by atoms with E-state index in [9.17, 15) is 23.4 Å². The number of hydrogen-bond acceptors (Lipinski definition) is 11. The van der Waals surface area contributed by atoms with Gasteiger partial charge in [0.25, 0.3) is 0 Å². The fourth-order valence-corrected chi connectivity index (χ4v) is 7.12. The summed E-state index contributed by atoms with van der Waals surface area (Å²) in [7, 11) is 1.33. The van der Waals surface area contributed by atoms with Crippen molar-refractivity contribution in [2.75, 3.05) is 33.7 Å². The predicted octanol–water partition coefficient (Wildman–Crippen LogP) is 6.03. The summed E-state index contributed by atoms with van der Waals surface area (Å²) in [6, 6.07) is 8.21. The van der Waals surface area contributed by atoms with Crippen molar-refractivity contribution < 1.29 is 51.8 Å². The third kappa shape index (κ3) is 8.64. The van der Waals surface area contributed by atoms with Crippen molar-refractivity contribution in [3.05, 3.63) is 45.9 Å². The van der Waals surface area contributed by atoms with Gasteiger partial charge in [-0.15, -0.1) is 22.7 Å². The summed E-state index contributed by atoms with van der Waals surface area (Å²) in [5.74, 6) is -3.40. The predicted molar refractivity (Wildman–Crippen MR) is 178 cm³/mol. The van der Waals surface area contributed by atoms with Crippen LogP contribution in [0.15, 0.2) is 30.3 Å². The van der Waals surface area contributed by atoms with Gasteiger partial charge in [-0.1, -0.05) is 13.8 Å². The SMILES string of the molecule is COc1cc2sc(C(=O)C[C@H](C)C(=O)O)cc2cc1OCCCOc1c(OC)cc2sc(C(=O)C[C@H](C)C(=O)NS(C)=O)cc2c1F. The van der Waals surface area contributed by atoms with Crippen LogP contribution >= 0.6 is 22.7 Å². The monoisotopic (exact) mass is 707 g/mol. The van der Waals surface area contributed by atoms with Crippen LogP contribution in [-0.4, -0.2) is 66.4 Å². The standard InChI is InChI=1S/C32H34FNO10S3/c1-16(31(37)34-47(5)40)9-20(35)28-13-19-26(46-28)15-24(42-4)30(29(19)33)44-8-6-7-43-23-11-18-12-27(21(36)10-17(2)32(38)39)45-25(18)14-22(23)41-3/h11-17H,6-10H2,1-5H3,(H,34,37)(H,38,39)/t16-,17-,47?/m0/s1. The van der Waals surface area contributed by atoms with Crippen molar-refractivity contribution in [2.24, 2.45) is 11.8 Å². The molecule has 2 N–H and O–H groups in total. The third-order valence-electron chi connectivity index (χ3n) is 7.14. The highest BCUT2D eigenvalue weighted by Crippen LogP contribution is 2.41. The number of thiophene rings is 2. The van der Waals surface area contributed by atoms with E-state index < -0.39 is 40.5 Å². The number of benzene rings is 2. The molecule has 0 spiro atoms. The summed E-state index contributed by atoms with van der Waals surface area (Å²) in [6.07, 6.45) is 1.45. The molecule has 4 aromatic rings. The van der Waals surface area contributed by atoms with E-state index >= 15 is 4.39 Å². The molecule has 0 radical (unpaired) electrons. The minimum atomic E-state index is -1.55. The number of fused-ring (bicyclic) bond motifs is 2. The van der Waals surface area contributed by atoms with Crippen molar-refractivity contribution in [1.29, 1.82) is 0 Å². The molecule has 1 unspecified atom stereocenters. The van der Waals surface area contributed by atoms with Crippen molar-refractivity contribution in [2.45, 2.75) is 33.1 Å². The molecule has 0 aliphatic carbocycles. The van der Waals surface area contributed by atoms with Crippen LogP contribution in [0.2, 0.25) is 0 Å².